The molecule has 0 saturated heterocycles. The molecule has 1 N–H and O–H groups in total. The van der Waals surface area contributed by atoms with Gasteiger partial charge in [0.1, 0.15) is 0 Å². The van der Waals surface area contributed by atoms with Gasteiger partial charge in [-0.05, 0) is 55.3 Å². The van der Waals surface area contributed by atoms with Crippen molar-refractivity contribution in [2.45, 2.75) is 39.0 Å². The lowest BCUT2D eigenvalue weighted by Crippen LogP contribution is -2.28. The monoisotopic (exact) mass is 466 g/mol. The number of anilines is 2. The number of carboxylic acids is 1. The van der Waals surface area contributed by atoms with E-state index in [-0.39, 0.29) is 18.2 Å². The molecule has 176 valence electrons. The van der Waals surface area contributed by atoms with E-state index in [0.717, 1.165) is 28.1 Å². The van der Waals surface area contributed by atoms with Gasteiger partial charge in [0.15, 0.2) is 0 Å². The Morgan fingerprint density at radius 2 is 1.71 bits per heavy atom. The standard InChI is InChI=1S/C27H25F3N2O2/c1-18(2)32(25-13-6-4-11-23(25)27(28,29)30)21-9-7-8-19(14-21)16-31-17-20(15-26(33)34)22-10-3-5-12-24(22)31/h3-14,17-18H,15-16H2,1-2H3,(H,33,34). The van der Waals surface area contributed by atoms with Crippen LogP contribution in [-0.4, -0.2) is 21.7 Å². The molecule has 0 saturated carbocycles. The Morgan fingerprint density at radius 3 is 2.41 bits per heavy atom. The number of nitrogens with zero attached hydrogens (tertiary/aromatic N) is 2. The highest BCUT2D eigenvalue weighted by Crippen LogP contribution is 2.40. The van der Waals surface area contributed by atoms with Gasteiger partial charge in [0.25, 0.3) is 0 Å². The number of carbonyl (C=O) groups is 1. The first-order valence-corrected chi connectivity index (χ1v) is 11.0. The number of rotatable bonds is 7. The molecule has 7 heteroatoms. The third-order valence-corrected chi connectivity index (χ3v) is 5.74. The van der Waals surface area contributed by atoms with Crippen LogP contribution < -0.4 is 4.90 Å². The minimum atomic E-state index is -4.47. The Hall–Kier alpha value is -3.74. The topological polar surface area (TPSA) is 45.5 Å². The van der Waals surface area contributed by atoms with Gasteiger partial charge in [-0.2, -0.15) is 13.2 Å². The van der Waals surface area contributed by atoms with Gasteiger partial charge >= 0.3 is 12.1 Å². The molecule has 0 radical (unpaired) electrons. The Labute approximate surface area is 195 Å². The lowest BCUT2D eigenvalue weighted by Gasteiger charge is -2.32. The van der Waals surface area contributed by atoms with E-state index in [1.807, 2.05) is 67.1 Å². The molecule has 1 heterocycles. The number of carboxylic acid groups (broad SMARTS) is 1. The van der Waals surface area contributed by atoms with E-state index in [4.69, 9.17) is 0 Å². The maximum absolute atomic E-state index is 13.7. The number of aromatic nitrogens is 1. The predicted molar refractivity (Wildman–Crippen MR) is 128 cm³/mol. The molecule has 0 fully saturated rings. The first-order chi connectivity index (χ1) is 16.1. The number of hydrogen-bond donors (Lipinski definition) is 1. The Bertz CT molecular complexity index is 1320. The molecule has 4 aromatic rings. The maximum atomic E-state index is 13.7. The first kappa shape index (κ1) is 23.4. The summed E-state index contributed by atoms with van der Waals surface area (Å²) in [6.07, 6.45) is -2.71. The molecule has 0 bridgehead atoms. The average molecular weight is 467 g/mol. The molecule has 0 amide bonds. The van der Waals surface area contributed by atoms with Crippen molar-refractivity contribution in [2.75, 3.05) is 4.90 Å². The quantitative estimate of drug-likeness (QED) is 0.323. The number of hydrogen-bond acceptors (Lipinski definition) is 2. The van der Waals surface area contributed by atoms with Crippen LogP contribution in [0.2, 0.25) is 0 Å². The van der Waals surface area contributed by atoms with Crippen molar-refractivity contribution in [1.82, 2.24) is 4.57 Å². The molecule has 3 aromatic carbocycles. The van der Waals surface area contributed by atoms with Gasteiger partial charge in [0.2, 0.25) is 0 Å². The zero-order chi connectivity index (χ0) is 24.5. The molecule has 0 aliphatic carbocycles. The summed E-state index contributed by atoms with van der Waals surface area (Å²) in [6, 6.07) is 20.4. The number of halogens is 3. The summed E-state index contributed by atoms with van der Waals surface area (Å²) in [5, 5.41) is 10.1. The Morgan fingerprint density at radius 1 is 1.00 bits per heavy atom. The van der Waals surface area contributed by atoms with E-state index in [1.165, 1.54) is 12.1 Å². The van der Waals surface area contributed by atoms with Crippen molar-refractivity contribution in [3.05, 3.63) is 95.7 Å². The van der Waals surface area contributed by atoms with E-state index < -0.39 is 17.7 Å². The molecule has 0 atom stereocenters. The zero-order valence-corrected chi connectivity index (χ0v) is 18.9. The van der Waals surface area contributed by atoms with Crippen LogP contribution in [0.4, 0.5) is 24.5 Å². The van der Waals surface area contributed by atoms with Crippen LogP contribution in [0.15, 0.2) is 79.0 Å². The van der Waals surface area contributed by atoms with Crippen molar-refractivity contribution in [3.63, 3.8) is 0 Å². The second kappa shape index (κ2) is 9.25. The fraction of sp³-hybridized carbons (Fsp3) is 0.222. The number of para-hydroxylation sites is 2. The maximum Gasteiger partial charge on any atom is 0.418 e. The van der Waals surface area contributed by atoms with Crippen molar-refractivity contribution in [2.24, 2.45) is 0 Å². The van der Waals surface area contributed by atoms with Crippen LogP contribution in [0.25, 0.3) is 10.9 Å². The van der Waals surface area contributed by atoms with Crippen molar-refractivity contribution in [1.29, 1.82) is 0 Å². The largest absolute Gasteiger partial charge is 0.481 e. The van der Waals surface area contributed by atoms with E-state index in [1.54, 1.807) is 17.0 Å². The molecule has 0 aliphatic rings. The number of benzene rings is 3. The first-order valence-electron chi connectivity index (χ1n) is 11.0. The molecular weight excluding hydrogens is 441 g/mol. The van der Waals surface area contributed by atoms with E-state index in [2.05, 4.69) is 0 Å². The molecule has 0 spiro atoms. The lowest BCUT2D eigenvalue weighted by molar-refractivity contribution is -0.137. The second-order valence-corrected chi connectivity index (χ2v) is 8.52. The summed E-state index contributed by atoms with van der Waals surface area (Å²) in [4.78, 5) is 13.0. The van der Waals surface area contributed by atoms with Gasteiger partial charge in [-0.3, -0.25) is 4.79 Å². The molecule has 0 aliphatic heterocycles. The summed E-state index contributed by atoms with van der Waals surface area (Å²) < 4.78 is 43.2. The van der Waals surface area contributed by atoms with Crippen LogP contribution in [0.1, 0.15) is 30.5 Å². The molecular formula is C27H25F3N2O2. The van der Waals surface area contributed by atoms with Crippen molar-refractivity contribution in [3.8, 4) is 0 Å². The SMILES string of the molecule is CC(C)N(c1cccc(Cn2cc(CC(=O)O)c3ccccc32)c1)c1ccccc1C(F)(F)F. The molecule has 4 nitrogen and oxygen atoms in total. The van der Waals surface area contributed by atoms with Gasteiger partial charge in [-0.1, -0.05) is 42.5 Å². The highest BCUT2D eigenvalue weighted by molar-refractivity contribution is 5.87. The van der Waals surface area contributed by atoms with Gasteiger partial charge < -0.3 is 14.6 Å². The third-order valence-electron chi connectivity index (χ3n) is 5.74. The summed E-state index contributed by atoms with van der Waals surface area (Å²) in [5.74, 6) is -0.902. The lowest BCUT2D eigenvalue weighted by atomic mass is 10.1. The number of fused-ring (bicyclic) bond motifs is 1. The minimum absolute atomic E-state index is 0.0804. The summed E-state index contributed by atoms with van der Waals surface area (Å²) in [6.45, 7) is 4.18. The summed E-state index contributed by atoms with van der Waals surface area (Å²) in [5.41, 5.74) is 2.62. The second-order valence-electron chi connectivity index (χ2n) is 8.52. The van der Waals surface area contributed by atoms with Crippen LogP contribution in [0, 0.1) is 0 Å². The van der Waals surface area contributed by atoms with E-state index >= 15 is 0 Å². The van der Waals surface area contributed by atoms with E-state index in [0.29, 0.717) is 12.2 Å². The highest BCUT2D eigenvalue weighted by atomic mass is 19.4. The van der Waals surface area contributed by atoms with Gasteiger partial charge in [0, 0.05) is 35.4 Å². The average Bonchev–Trinajstić information content (AvgIpc) is 3.10. The molecule has 1 aromatic heterocycles. The Balaban J connectivity index is 1.74. The van der Waals surface area contributed by atoms with E-state index in [9.17, 15) is 23.1 Å². The Kier molecular flexibility index (Phi) is 6.37. The smallest absolute Gasteiger partial charge is 0.418 e. The summed E-state index contributed by atoms with van der Waals surface area (Å²) in [7, 11) is 0. The van der Waals surface area contributed by atoms with Crippen molar-refractivity contribution < 1.29 is 23.1 Å². The highest BCUT2D eigenvalue weighted by Gasteiger charge is 2.35. The van der Waals surface area contributed by atoms with Crippen LogP contribution in [0.5, 0.6) is 0 Å². The fourth-order valence-electron chi connectivity index (χ4n) is 4.40. The third kappa shape index (κ3) is 4.78. The fourth-order valence-corrected chi connectivity index (χ4v) is 4.40. The zero-order valence-electron chi connectivity index (χ0n) is 18.9. The molecule has 34 heavy (non-hydrogen) atoms. The molecule has 0 unspecified atom stereocenters. The number of alkyl halides is 3. The van der Waals surface area contributed by atoms with Gasteiger partial charge in [-0.25, -0.2) is 0 Å². The predicted octanol–water partition coefficient (Wildman–Crippen LogP) is 6.88. The van der Waals surface area contributed by atoms with Crippen molar-refractivity contribution >= 4 is 28.2 Å². The van der Waals surface area contributed by atoms with Gasteiger partial charge in [-0.15, -0.1) is 0 Å². The summed E-state index contributed by atoms with van der Waals surface area (Å²) >= 11 is 0. The van der Waals surface area contributed by atoms with Crippen LogP contribution in [0.3, 0.4) is 0 Å². The molecule has 4 rings (SSSR count). The van der Waals surface area contributed by atoms with Crippen LogP contribution >= 0.6 is 0 Å². The van der Waals surface area contributed by atoms with Gasteiger partial charge in [0.05, 0.1) is 17.7 Å². The normalized spacial score (nSPS) is 11.8. The number of aliphatic carboxylic acids is 1. The van der Waals surface area contributed by atoms with Crippen LogP contribution in [-0.2, 0) is 23.9 Å². The minimum Gasteiger partial charge on any atom is -0.481 e.